The number of carbonyl (C=O) groups excluding carboxylic acids is 2. The predicted octanol–water partition coefficient (Wildman–Crippen LogP) is 0.850. The third-order valence-electron chi connectivity index (χ3n) is 4.26. The Balaban J connectivity index is 3.13. The van der Waals surface area contributed by atoms with Crippen molar-refractivity contribution >= 4 is 11.8 Å². The number of methoxy groups -OCH3 is 1. The molecule has 1 saturated heterocycles. The molecule has 1 heterocycles. The first-order valence-electron chi connectivity index (χ1n) is 8.70. The number of nitrogens with two attached hydrogens (primary N) is 2. The Labute approximate surface area is 145 Å². The van der Waals surface area contributed by atoms with Crippen LogP contribution in [0.3, 0.4) is 0 Å². The second kappa shape index (κ2) is 9.34. The van der Waals surface area contributed by atoms with E-state index in [2.05, 4.69) is 0 Å². The summed E-state index contributed by atoms with van der Waals surface area (Å²) in [6.45, 7) is 8.47. The first-order valence-corrected chi connectivity index (χ1v) is 8.70. The van der Waals surface area contributed by atoms with E-state index in [1.165, 1.54) is 12.0 Å². The predicted molar refractivity (Wildman–Crippen MR) is 91.9 cm³/mol. The number of rotatable bonds is 9. The summed E-state index contributed by atoms with van der Waals surface area (Å²) in [6.07, 6.45) is 1.07. The summed E-state index contributed by atoms with van der Waals surface area (Å²) >= 11 is 0. The molecule has 0 radical (unpaired) electrons. The average molecular weight is 343 g/mol. The van der Waals surface area contributed by atoms with Gasteiger partial charge in [0.1, 0.15) is 6.04 Å². The van der Waals surface area contributed by atoms with Gasteiger partial charge in [-0.15, -0.1) is 0 Å². The molecule has 0 bridgehead atoms. The second-order valence-corrected chi connectivity index (χ2v) is 7.36. The monoisotopic (exact) mass is 343 g/mol. The molecule has 1 rings (SSSR count). The second-order valence-electron chi connectivity index (χ2n) is 7.36. The minimum absolute atomic E-state index is 0.211. The molecule has 1 aliphatic heterocycles. The van der Waals surface area contributed by atoms with Crippen molar-refractivity contribution in [1.29, 1.82) is 0 Å². The first kappa shape index (κ1) is 20.9. The summed E-state index contributed by atoms with van der Waals surface area (Å²) in [7, 11) is 1.53. The zero-order valence-corrected chi connectivity index (χ0v) is 15.5. The molecule has 7 heteroatoms. The van der Waals surface area contributed by atoms with Gasteiger partial charge in [0, 0.05) is 7.11 Å². The van der Waals surface area contributed by atoms with Gasteiger partial charge in [0.2, 0.25) is 11.8 Å². The lowest BCUT2D eigenvalue weighted by Crippen LogP contribution is -2.59. The quantitative estimate of drug-likeness (QED) is 0.645. The van der Waals surface area contributed by atoms with Crippen molar-refractivity contribution in [1.82, 2.24) is 4.90 Å². The number of hydrogen-bond acceptors (Lipinski definition) is 5. The molecule has 7 nitrogen and oxygen atoms in total. The lowest BCUT2D eigenvalue weighted by Gasteiger charge is -2.38. The number of amides is 2. The van der Waals surface area contributed by atoms with Crippen LogP contribution in [0, 0.1) is 11.8 Å². The van der Waals surface area contributed by atoms with E-state index in [0.717, 1.165) is 0 Å². The van der Waals surface area contributed by atoms with Crippen LogP contribution >= 0.6 is 0 Å². The smallest absolute Gasteiger partial charge is 0.240 e. The Kier molecular flexibility index (Phi) is 8.12. The number of ether oxygens (including phenoxy) is 2. The molecule has 1 unspecified atom stereocenters. The van der Waals surface area contributed by atoms with Gasteiger partial charge in [0.05, 0.1) is 18.7 Å². The van der Waals surface area contributed by atoms with Gasteiger partial charge in [-0.2, -0.15) is 0 Å². The van der Waals surface area contributed by atoms with Crippen LogP contribution in [-0.2, 0) is 19.1 Å². The maximum Gasteiger partial charge on any atom is 0.240 e. The van der Waals surface area contributed by atoms with Gasteiger partial charge in [-0.25, -0.2) is 0 Å². The molecular formula is C17H33N3O4. The Morgan fingerprint density at radius 1 is 1.21 bits per heavy atom. The van der Waals surface area contributed by atoms with Gasteiger partial charge < -0.3 is 25.8 Å². The lowest BCUT2D eigenvalue weighted by atomic mass is 9.96. The number of nitrogens with zero attached hydrogens (tertiary/aromatic N) is 1. The van der Waals surface area contributed by atoms with Crippen LogP contribution < -0.4 is 11.5 Å². The molecule has 0 spiro atoms. The SMILES string of the molecule is COC1OCC[C@@H]1N(C(=O)[C@@H](N)CC(C)C)[C@@H](CC(C)C)C(N)=O. The topological polar surface area (TPSA) is 108 Å². The highest BCUT2D eigenvalue weighted by atomic mass is 16.7. The van der Waals surface area contributed by atoms with Gasteiger partial charge >= 0.3 is 0 Å². The molecule has 0 aromatic rings. The van der Waals surface area contributed by atoms with Crippen molar-refractivity contribution in [2.24, 2.45) is 23.3 Å². The molecule has 0 aromatic carbocycles. The molecule has 2 amide bonds. The zero-order chi connectivity index (χ0) is 18.4. The molecule has 0 aliphatic carbocycles. The highest BCUT2D eigenvalue weighted by Crippen LogP contribution is 2.26. The maximum atomic E-state index is 13.0. The van der Waals surface area contributed by atoms with Crippen LogP contribution in [-0.4, -0.2) is 54.8 Å². The van der Waals surface area contributed by atoms with Crippen molar-refractivity contribution in [3.8, 4) is 0 Å². The van der Waals surface area contributed by atoms with E-state index >= 15 is 0 Å². The van der Waals surface area contributed by atoms with Crippen molar-refractivity contribution in [2.45, 2.75) is 71.4 Å². The van der Waals surface area contributed by atoms with E-state index < -0.39 is 24.3 Å². The van der Waals surface area contributed by atoms with E-state index in [0.29, 0.717) is 25.9 Å². The van der Waals surface area contributed by atoms with Gasteiger partial charge in [-0.05, 0) is 31.1 Å². The van der Waals surface area contributed by atoms with Gasteiger partial charge in [0.25, 0.3) is 0 Å². The van der Waals surface area contributed by atoms with Gasteiger partial charge in [0.15, 0.2) is 6.29 Å². The van der Waals surface area contributed by atoms with E-state index in [-0.39, 0.29) is 23.8 Å². The Bertz CT molecular complexity index is 428. The standard InChI is InChI=1S/C17H33N3O4/c1-10(2)8-12(18)16(22)20(13-6-7-24-17(13)23-5)14(15(19)21)9-11(3)4/h10-14,17H,6-9,18H2,1-5H3,(H2,19,21)/t12-,13-,14-,17?/m0/s1. The van der Waals surface area contributed by atoms with Crippen LogP contribution in [0.15, 0.2) is 0 Å². The number of primary amides is 1. The third-order valence-corrected chi connectivity index (χ3v) is 4.26. The first-order chi connectivity index (χ1) is 11.2. The van der Waals surface area contributed by atoms with E-state index in [1.54, 1.807) is 0 Å². The number of hydrogen-bond donors (Lipinski definition) is 2. The van der Waals surface area contributed by atoms with E-state index in [1.807, 2.05) is 27.7 Å². The van der Waals surface area contributed by atoms with Crippen molar-refractivity contribution in [3.63, 3.8) is 0 Å². The normalized spacial score (nSPS) is 23.5. The van der Waals surface area contributed by atoms with E-state index in [9.17, 15) is 9.59 Å². The van der Waals surface area contributed by atoms with Gasteiger partial charge in [-0.1, -0.05) is 27.7 Å². The molecule has 0 aromatic heterocycles. The highest BCUT2D eigenvalue weighted by Gasteiger charge is 2.43. The summed E-state index contributed by atoms with van der Waals surface area (Å²) in [5.41, 5.74) is 11.7. The molecule has 140 valence electrons. The summed E-state index contributed by atoms with van der Waals surface area (Å²) < 4.78 is 10.9. The molecule has 4 atom stereocenters. The molecule has 1 fully saturated rings. The van der Waals surface area contributed by atoms with Gasteiger partial charge in [-0.3, -0.25) is 9.59 Å². The Morgan fingerprint density at radius 2 is 1.79 bits per heavy atom. The highest BCUT2D eigenvalue weighted by molar-refractivity contribution is 5.89. The summed E-state index contributed by atoms with van der Waals surface area (Å²) in [4.78, 5) is 26.7. The summed E-state index contributed by atoms with van der Waals surface area (Å²) in [5.74, 6) is -0.287. The molecular weight excluding hydrogens is 310 g/mol. The fraction of sp³-hybridized carbons (Fsp3) is 0.882. The fourth-order valence-corrected chi connectivity index (χ4v) is 3.21. The zero-order valence-electron chi connectivity index (χ0n) is 15.5. The lowest BCUT2D eigenvalue weighted by molar-refractivity contribution is -0.158. The van der Waals surface area contributed by atoms with Crippen LogP contribution in [0.4, 0.5) is 0 Å². The van der Waals surface area contributed by atoms with Crippen LogP contribution in [0.1, 0.15) is 47.0 Å². The summed E-state index contributed by atoms with van der Waals surface area (Å²) in [6, 6.07) is -1.73. The fourth-order valence-electron chi connectivity index (χ4n) is 3.21. The van der Waals surface area contributed by atoms with Crippen molar-refractivity contribution in [2.75, 3.05) is 13.7 Å². The molecule has 4 N–H and O–H groups in total. The largest absolute Gasteiger partial charge is 0.368 e. The van der Waals surface area contributed by atoms with Crippen molar-refractivity contribution < 1.29 is 19.1 Å². The summed E-state index contributed by atoms with van der Waals surface area (Å²) in [5, 5.41) is 0. The average Bonchev–Trinajstić information content (AvgIpc) is 2.93. The van der Waals surface area contributed by atoms with Crippen LogP contribution in [0.2, 0.25) is 0 Å². The van der Waals surface area contributed by atoms with Crippen LogP contribution in [0.5, 0.6) is 0 Å². The Hall–Kier alpha value is -1.18. The third kappa shape index (κ3) is 5.43. The van der Waals surface area contributed by atoms with Crippen molar-refractivity contribution in [3.05, 3.63) is 0 Å². The minimum Gasteiger partial charge on any atom is -0.368 e. The Morgan fingerprint density at radius 3 is 2.25 bits per heavy atom. The van der Waals surface area contributed by atoms with E-state index in [4.69, 9.17) is 20.9 Å². The maximum absolute atomic E-state index is 13.0. The molecule has 0 saturated carbocycles. The molecule has 24 heavy (non-hydrogen) atoms. The molecule has 1 aliphatic rings. The van der Waals surface area contributed by atoms with Crippen LogP contribution in [0.25, 0.3) is 0 Å². The minimum atomic E-state index is -0.708. The number of carbonyl (C=O) groups is 2.